The largest absolute Gasteiger partial charge is 0.481 e. The number of imidazole rings is 1. The van der Waals surface area contributed by atoms with E-state index in [1.807, 2.05) is 18.2 Å². The van der Waals surface area contributed by atoms with E-state index in [0.717, 1.165) is 16.7 Å². The van der Waals surface area contributed by atoms with E-state index in [2.05, 4.69) is 9.97 Å². The summed E-state index contributed by atoms with van der Waals surface area (Å²) in [5, 5.41) is 8.54. The zero-order valence-corrected chi connectivity index (χ0v) is 10.6. The van der Waals surface area contributed by atoms with Gasteiger partial charge in [0, 0.05) is 25.6 Å². The second kappa shape index (κ2) is 5.51. The summed E-state index contributed by atoms with van der Waals surface area (Å²) in [6.45, 7) is 0. The van der Waals surface area contributed by atoms with Crippen molar-refractivity contribution in [3.63, 3.8) is 0 Å². The van der Waals surface area contributed by atoms with Gasteiger partial charge in [0.2, 0.25) is 5.91 Å². The third-order valence-corrected chi connectivity index (χ3v) is 2.95. The number of nitrogens with zero attached hydrogens (tertiary/aromatic N) is 2. The quantitative estimate of drug-likeness (QED) is 0.859. The number of H-pyrrole nitrogens is 1. The summed E-state index contributed by atoms with van der Waals surface area (Å²) >= 11 is 0. The topological polar surface area (TPSA) is 86.3 Å². The van der Waals surface area contributed by atoms with Crippen LogP contribution in [0.3, 0.4) is 0 Å². The average Bonchev–Trinajstić information content (AvgIpc) is 2.84. The monoisotopic (exact) mass is 261 g/mol. The van der Waals surface area contributed by atoms with Crippen LogP contribution in [0.25, 0.3) is 11.0 Å². The Bertz CT molecular complexity index is 606. The summed E-state index contributed by atoms with van der Waals surface area (Å²) < 4.78 is 0. The Hall–Kier alpha value is -2.37. The number of aromatic amines is 1. The third kappa shape index (κ3) is 3.09. The molecule has 2 N–H and O–H groups in total. The van der Waals surface area contributed by atoms with Crippen LogP contribution in [0.1, 0.15) is 19.3 Å². The fourth-order valence-corrected chi connectivity index (χ4v) is 1.83. The van der Waals surface area contributed by atoms with Crippen LogP contribution < -0.4 is 4.90 Å². The number of carboxylic acid groups (broad SMARTS) is 1. The smallest absolute Gasteiger partial charge is 0.303 e. The second-order valence-corrected chi connectivity index (χ2v) is 4.30. The van der Waals surface area contributed by atoms with Gasteiger partial charge >= 0.3 is 5.97 Å². The summed E-state index contributed by atoms with van der Waals surface area (Å²) in [7, 11) is 1.68. The van der Waals surface area contributed by atoms with Gasteiger partial charge < -0.3 is 15.0 Å². The first-order chi connectivity index (χ1) is 9.08. The van der Waals surface area contributed by atoms with Crippen LogP contribution in [0.4, 0.5) is 5.69 Å². The Morgan fingerprint density at radius 3 is 2.89 bits per heavy atom. The summed E-state index contributed by atoms with van der Waals surface area (Å²) in [5.41, 5.74) is 2.47. The number of benzene rings is 1. The van der Waals surface area contributed by atoms with E-state index in [1.165, 1.54) is 4.90 Å². The Labute approximate surface area is 110 Å². The van der Waals surface area contributed by atoms with Crippen molar-refractivity contribution in [2.75, 3.05) is 11.9 Å². The molecule has 0 spiro atoms. The van der Waals surface area contributed by atoms with E-state index >= 15 is 0 Å². The van der Waals surface area contributed by atoms with E-state index in [0.29, 0.717) is 6.42 Å². The average molecular weight is 261 g/mol. The molecule has 0 aliphatic rings. The molecule has 19 heavy (non-hydrogen) atoms. The van der Waals surface area contributed by atoms with Crippen molar-refractivity contribution >= 4 is 28.6 Å². The van der Waals surface area contributed by atoms with Crippen molar-refractivity contribution in [3.8, 4) is 0 Å². The predicted molar refractivity (Wildman–Crippen MR) is 71.0 cm³/mol. The van der Waals surface area contributed by atoms with Gasteiger partial charge in [0.1, 0.15) is 0 Å². The number of anilines is 1. The number of aromatic nitrogens is 2. The molecule has 0 radical (unpaired) electrons. The van der Waals surface area contributed by atoms with E-state index in [1.54, 1.807) is 13.4 Å². The normalized spacial score (nSPS) is 10.6. The van der Waals surface area contributed by atoms with Crippen LogP contribution in [0.5, 0.6) is 0 Å². The van der Waals surface area contributed by atoms with Gasteiger partial charge in [-0.2, -0.15) is 0 Å². The molecule has 1 aromatic heterocycles. The third-order valence-electron chi connectivity index (χ3n) is 2.95. The molecule has 2 rings (SSSR count). The minimum atomic E-state index is -0.880. The standard InChI is InChI=1S/C13H15N3O3/c1-16(12(17)3-2-4-13(18)19)9-5-6-10-11(7-9)15-8-14-10/h5-8H,2-4H2,1H3,(H,14,15)(H,18,19). The minimum absolute atomic E-state index is 0.0131. The molecule has 100 valence electrons. The van der Waals surface area contributed by atoms with Crippen molar-refractivity contribution in [2.45, 2.75) is 19.3 Å². The van der Waals surface area contributed by atoms with Crippen molar-refractivity contribution in [3.05, 3.63) is 24.5 Å². The number of nitrogens with one attached hydrogen (secondary N) is 1. The summed E-state index contributed by atoms with van der Waals surface area (Å²) in [4.78, 5) is 30.9. The number of hydrogen-bond acceptors (Lipinski definition) is 3. The first kappa shape index (κ1) is 13.1. The minimum Gasteiger partial charge on any atom is -0.481 e. The number of hydrogen-bond donors (Lipinski definition) is 2. The number of fused-ring (bicyclic) bond motifs is 1. The molecule has 0 bridgehead atoms. The number of carbonyl (C=O) groups is 2. The van der Waals surface area contributed by atoms with Gasteiger partial charge in [0.15, 0.2) is 0 Å². The van der Waals surface area contributed by atoms with E-state index in [9.17, 15) is 9.59 Å². The van der Waals surface area contributed by atoms with Crippen LogP contribution >= 0.6 is 0 Å². The van der Waals surface area contributed by atoms with E-state index in [-0.39, 0.29) is 18.7 Å². The van der Waals surface area contributed by atoms with Gasteiger partial charge in [0.05, 0.1) is 17.4 Å². The molecule has 0 aliphatic carbocycles. The van der Waals surface area contributed by atoms with Crippen molar-refractivity contribution < 1.29 is 14.7 Å². The highest BCUT2D eigenvalue weighted by atomic mass is 16.4. The Morgan fingerprint density at radius 2 is 2.16 bits per heavy atom. The molecule has 1 amide bonds. The maximum absolute atomic E-state index is 11.9. The Morgan fingerprint density at radius 1 is 1.37 bits per heavy atom. The fraction of sp³-hybridized carbons (Fsp3) is 0.308. The maximum atomic E-state index is 11.9. The number of rotatable bonds is 5. The molecule has 0 saturated heterocycles. The summed E-state index contributed by atoms with van der Waals surface area (Å²) in [6.07, 6.45) is 2.19. The molecule has 0 aliphatic heterocycles. The lowest BCUT2D eigenvalue weighted by atomic mass is 10.2. The fourth-order valence-electron chi connectivity index (χ4n) is 1.83. The number of carboxylic acids is 1. The summed E-state index contributed by atoms with van der Waals surface area (Å²) in [6, 6.07) is 5.50. The maximum Gasteiger partial charge on any atom is 0.303 e. The SMILES string of the molecule is CN(C(=O)CCCC(=O)O)c1ccc2nc[nH]c2c1. The number of amides is 1. The van der Waals surface area contributed by atoms with E-state index in [4.69, 9.17) is 5.11 Å². The second-order valence-electron chi connectivity index (χ2n) is 4.30. The van der Waals surface area contributed by atoms with Crippen molar-refractivity contribution in [2.24, 2.45) is 0 Å². The Kier molecular flexibility index (Phi) is 3.79. The predicted octanol–water partition coefficient (Wildman–Crippen LogP) is 1.78. The van der Waals surface area contributed by atoms with Crippen LogP contribution in [0.2, 0.25) is 0 Å². The first-order valence-corrected chi connectivity index (χ1v) is 5.99. The van der Waals surface area contributed by atoms with Gasteiger partial charge in [-0.05, 0) is 24.6 Å². The molecular formula is C13H15N3O3. The molecule has 0 fully saturated rings. The van der Waals surface area contributed by atoms with Gasteiger partial charge in [-0.15, -0.1) is 0 Å². The van der Waals surface area contributed by atoms with Crippen LogP contribution in [-0.2, 0) is 9.59 Å². The zero-order chi connectivity index (χ0) is 13.8. The molecule has 6 heteroatoms. The van der Waals surface area contributed by atoms with Crippen molar-refractivity contribution in [1.82, 2.24) is 9.97 Å². The molecule has 6 nitrogen and oxygen atoms in total. The first-order valence-electron chi connectivity index (χ1n) is 5.99. The number of carbonyl (C=O) groups excluding carboxylic acids is 1. The molecule has 0 saturated carbocycles. The molecular weight excluding hydrogens is 246 g/mol. The highest BCUT2D eigenvalue weighted by Crippen LogP contribution is 2.19. The molecule has 1 heterocycles. The van der Waals surface area contributed by atoms with Gasteiger partial charge in [-0.25, -0.2) is 4.98 Å². The van der Waals surface area contributed by atoms with Crippen LogP contribution in [0.15, 0.2) is 24.5 Å². The van der Waals surface area contributed by atoms with Crippen LogP contribution in [-0.4, -0.2) is 34.0 Å². The van der Waals surface area contributed by atoms with Crippen LogP contribution in [0, 0.1) is 0 Å². The summed E-state index contributed by atoms with van der Waals surface area (Å²) in [5.74, 6) is -0.977. The van der Waals surface area contributed by atoms with Gasteiger partial charge in [-0.3, -0.25) is 9.59 Å². The molecule has 2 aromatic rings. The molecule has 0 atom stereocenters. The molecule has 1 aromatic carbocycles. The lowest BCUT2D eigenvalue weighted by Gasteiger charge is -2.17. The lowest BCUT2D eigenvalue weighted by molar-refractivity contribution is -0.137. The molecule has 0 unspecified atom stereocenters. The zero-order valence-electron chi connectivity index (χ0n) is 10.6. The lowest BCUT2D eigenvalue weighted by Crippen LogP contribution is -2.25. The Balaban J connectivity index is 2.03. The highest BCUT2D eigenvalue weighted by Gasteiger charge is 2.12. The van der Waals surface area contributed by atoms with Gasteiger partial charge in [0.25, 0.3) is 0 Å². The van der Waals surface area contributed by atoms with Gasteiger partial charge in [-0.1, -0.05) is 0 Å². The van der Waals surface area contributed by atoms with Crippen molar-refractivity contribution in [1.29, 1.82) is 0 Å². The van der Waals surface area contributed by atoms with E-state index < -0.39 is 5.97 Å². The number of aliphatic carboxylic acids is 1. The highest BCUT2D eigenvalue weighted by molar-refractivity contribution is 5.94.